The monoisotopic (exact) mass is 461 g/mol. The lowest BCUT2D eigenvalue weighted by Gasteiger charge is -2.14. The molecular weight excluding hydrogens is 442 g/mol. The number of nitrogens with one attached hydrogen (secondary N) is 2. The quantitative estimate of drug-likeness (QED) is 0.486. The highest BCUT2D eigenvalue weighted by Gasteiger charge is 2.28. The van der Waals surface area contributed by atoms with E-state index in [1.54, 1.807) is 0 Å². The molecule has 1 aliphatic carbocycles. The maximum Gasteiger partial charge on any atom is 0.407 e. The number of thiazole rings is 1. The van der Waals surface area contributed by atoms with Crippen molar-refractivity contribution in [3.8, 4) is 23.0 Å². The van der Waals surface area contributed by atoms with E-state index in [4.69, 9.17) is 9.84 Å². The van der Waals surface area contributed by atoms with Crippen LogP contribution in [0.1, 0.15) is 32.5 Å². The summed E-state index contributed by atoms with van der Waals surface area (Å²) in [6.07, 6.45) is -0.615. The van der Waals surface area contributed by atoms with E-state index in [-0.39, 0.29) is 31.3 Å². The van der Waals surface area contributed by atoms with E-state index in [1.165, 1.54) is 5.38 Å². The van der Waals surface area contributed by atoms with E-state index < -0.39 is 18.0 Å². The number of aromatic carboxylic acids is 1. The number of carboxylic acids is 1. The van der Waals surface area contributed by atoms with E-state index >= 15 is 0 Å². The van der Waals surface area contributed by atoms with Crippen molar-refractivity contribution in [3.63, 3.8) is 0 Å². The molecule has 4 rings (SSSR count). The number of carboxylic acid groups (broad SMARTS) is 1. The molecule has 0 saturated heterocycles. The molecule has 0 unspecified atom stereocenters. The number of hydrogen-bond donors (Lipinski definition) is 3. The lowest BCUT2D eigenvalue weighted by atomic mass is 9.98. The summed E-state index contributed by atoms with van der Waals surface area (Å²) < 4.78 is 5.40. The van der Waals surface area contributed by atoms with Gasteiger partial charge in [-0.3, -0.25) is 4.79 Å². The third-order valence-corrected chi connectivity index (χ3v) is 5.89. The van der Waals surface area contributed by atoms with Crippen molar-refractivity contribution in [1.29, 1.82) is 0 Å². The Morgan fingerprint density at radius 1 is 1.03 bits per heavy atom. The average Bonchev–Trinajstić information content (AvgIpc) is 3.42. The van der Waals surface area contributed by atoms with Crippen molar-refractivity contribution >= 4 is 29.3 Å². The summed E-state index contributed by atoms with van der Waals surface area (Å²) in [5.74, 6) is 3.19. The molecular formula is C24H19N3O5S. The number of nitrogens with zero attached hydrogens (tertiary/aromatic N) is 1. The van der Waals surface area contributed by atoms with E-state index in [9.17, 15) is 14.4 Å². The van der Waals surface area contributed by atoms with Crippen LogP contribution < -0.4 is 10.6 Å². The normalized spacial score (nSPS) is 11.5. The van der Waals surface area contributed by atoms with Crippen LogP contribution >= 0.6 is 11.3 Å². The van der Waals surface area contributed by atoms with Crippen molar-refractivity contribution < 1.29 is 24.2 Å². The van der Waals surface area contributed by atoms with Crippen LogP contribution in [0.2, 0.25) is 0 Å². The van der Waals surface area contributed by atoms with Crippen molar-refractivity contribution in [1.82, 2.24) is 15.6 Å². The second-order valence-corrected chi connectivity index (χ2v) is 8.04. The number of ether oxygens (including phenoxy) is 1. The second-order valence-electron chi connectivity index (χ2n) is 7.10. The minimum absolute atomic E-state index is 0.0347. The van der Waals surface area contributed by atoms with Crippen LogP contribution in [-0.2, 0) is 16.1 Å². The van der Waals surface area contributed by atoms with Gasteiger partial charge in [-0.1, -0.05) is 54.5 Å². The highest BCUT2D eigenvalue weighted by molar-refractivity contribution is 7.09. The van der Waals surface area contributed by atoms with Crippen LogP contribution in [0.3, 0.4) is 0 Å². The third kappa shape index (κ3) is 5.19. The van der Waals surface area contributed by atoms with E-state index in [1.807, 2.05) is 36.4 Å². The highest BCUT2D eigenvalue weighted by Crippen LogP contribution is 2.44. The van der Waals surface area contributed by atoms with Crippen LogP contribution in [0.4, 0.5) is 4.79 Å². The minimum Gasteiger partial charge on any atom is -0.476 e. The molecule has 0 atom stereocenters. The third-order valence-electron chi connectivity index (χ3n) is 5.04. The summed E-state index contributed by atoms with van der Waals surface area (Å²) in [6, 6.07) is 16.1. The molecule has 0 fully saturated rings. The molecule has 2 amide bonds. The van der Waals surface area contributed by atoms with E-state index in [0.29, 0.717) is 5.01 Å². The molecule has 9 heteroatoms. The molecule has 3 N–H and O–H groups in total. The zero-order chi connectivity index (χ0) is 23.2. The van der Waals surface area contributed by atoms with Gasteiger partial charge in [-0.25, -0.2) is 14.6 Å². The first kappa shape index (κ1) is 22.0. The predicted molar refractivity (Wildman–Crippen MR) is 122 cm³/mol. The Morgan fingerprint density at radius 2 is 1.70 bits per heavy atom. The minimum atomic E-state index is -1.12. The second kappa shape index (κ2) is 9.97. The number of fused-ring (bicyclic) bond motifs is 3. The Bertz CT molecular complexity index is 1230. The van der Waals surface area contributed by atoms with Gasteiger partial charge in [0.1, 0.15) is 11.6 Å². The molecule has 0 radical (unpaired) electrons. The topological polar surface area (TPSA) is 118 Å². The number of carbonyl (C=O) groups excluding carboxylic acids is 2. The Hall–Kier alpha value is -4.16. The highest BCUT2D eigenvalue weighted by atomic mass is 32.1. The van der Waals surface area contributed by atoms with Crippen LogP contribution in [0, 0.1) is 11.8 Å². The average molecular weight is 461 g/mol. The summed E-state index contributed by atoms with van der Waals surface area (Å²) >= 11 is 1.13. The number of alkyl carbamates (subject to hydrolysis) is 1. The molecule has 1 aliphatic rings. The maximum absolute atomic E-state index is 12.1. The smallest absolute Gasteiger partial charge is 0.407 e. The van der Waals surface area contributed by atoms with Gasteiger partial charge >= 0.3 is 12.1 Å². The summed E-state index contributed by atoms with van der Waals surface area (Å²) in [7, 11) is 0. The predicted octanol–water partition coefficient (Wildman–Crippen LogP) is 3.00. The standard InChI is InChI=1S/C24H19N3O5S/c28-21(26-12-22-27-20(14-33-22)23(29)30)10-5-11-25-24(31)32-13-19-17-8-3-1-6-15(17)16-7-2-4-9-18(16)19/h1-4,6-9,14,19H,11-13H2,(H,25,31)(H,26,28)(H,29,30). The Morgan fingerprint density at radius 3 is 2.33 bits per heavy atom. The maximum atomic E-state index is 12.1. The molecule has 33 heavy (non-hydrogen) atoms. The largest absolute Gasteiger partial charge is 0.476 e. The molecule has 0 bridgehead atoms. The fourth-order valence-corrected chi connectivity index (χ4v) is 4.29. The number of carbonyl (C=O) groups is 3. The summed E-state index contributed by atoms with van der Waals surface area (Å²) in [4.78, 5) is 38.5. The zero-order valence-corrected chi connectivity index (χ0v) is 18.1. The lowest BCUT2D eigenvalue weighted by Crippen LogP contribution is -2.27. The van der Waals surface area contributed by atoms with Gasteiger partial charge in [0.15, 0.2) is 5.69 Å². The molecule has 0 saturated carbocycles. The molecule has 1 aromatic heterocycles. The lowest BCUT2D eigenvalue weighted by molar-refractivity contribution is -0.115. The van der Waals surface area contributed by atoms with Gasteiger partial charge in [0, 0.05) is 11.3 Å². The molecule has 0 aliphatic heterocycles. The molecule has 2 aromatic carbocycles. The Balaban J connectivity index is 1.22. The van der Waals surface area contributed by atoms with Crippen LogP contribution in [0.15, 0.2) is 53.9 Å². The van der Waals surface area contributed by atoms with Gasteiger partial charge in [0.25, 0.3) is 5.91 Å². The Kier molecular flexibility index (Phi) is 6.66. The van der Waals surface area contributed by atoms with Crippen LogP contribution in [0.25, 0.3) is 11.1 Å². The first-order valence-corrected chi connectivity index (χ1v) is 10.9. The van der Waals surface area contributed by atoms with Gasteiger partial charge in [0.05, 0.1) is 13.1 Å². The summed E-state index contributed by atoms with van der Waals surface area (Å²) in [5.41, 5.74) is 4.48. The van der Waals surface area contributed by atoms with Crippen molar-refractivity contribution in [2.45, 2.75) is 12.5 Å². The molecule has 166 valence electrons. The fraction of sp³-hybridized carbons (Fsp3) is 0.167. The summed E-state index contributed by atoms with van der Waals surface area (Å²) in [6.45, 7) is 0.218. The molecule has 8 nitrogen and oxygen atoms in total. The first-order valence-electron chi connectivity index (χ1n) is 10.1. The molecule has 1 heterocycles. The first-order chi connectivity index (χ1) is 16.0. The van der Waals surface area contributed by atoms with Gasteiger partial charge in [-0.05, 0) is 28.2 Å². The number of benzene rings is 2. The number of rotatable bonds is 6. The van der Waals surface area contributed by atoms with Gasteiger partial charge < -0.3 is 20.5 Å². The van der Waals surface area contributed by atoms with Gasteiger partial charge in [-0.15, -0.1) is 11.3 Å². The molecule has 0 spiro atoms. The van der Waals surface area contributed by atoms with E-state index in [0.717, 1.165) is 33.6 Å². The van der Waals surface area contributed by atoms with Crippen molar-refractivity contribution in [2.75, 3.05) is 13.2 Å². The Labute approximate surface area is 193 Å². The van der Waals surface area contributed by atoms with Gasteiger partial charge in [-0.2, -0.15) is 0 Å². The zero-order valence-electron chi connectivity index (χ0n) is 17.3. The number of amides is 2. The number of hydrogen-bond acceptors (Lipinski definition) is 6. The fourth-order valence-electron chi connectivity index (χ4n) is 3.58. The van der Waals surface area contributed by atoms with Crippen molar-refractivity contribution in [3.05, 3.63) is 75.7 Å². The van der Waals surface area contributed by atoms with Crippen LogP contribution in [-0.4, -0.2) is 41.2 Å². The summed E-state index contributed by atoms with van der Waals surface area (Å²) in [5, 5.41) is 15.7. The van der Waals surface area contributed by atoms with E-state index in [2.05, 4.69) is 39.6 Å². The van der Waals surface area contributed by atoms with Crippen molar-refractivity contribution in [2.24, 2.45) is 0 Å². The van der Waals surface area contributed by atoms with Crippen LogP contribution in [0.5, 0.6) is 0 Å². The SMILES string of the molecule is O=C(C#CCNC(=O)OCC1c2ccccc2-c2ccccc21)NCc1nc(C(=O)O)cs1. The van der Waals surface area contributed by atoms with Gasteiger partial charge in [0.2, 0.25) is 0 Å². The number of aromatic nitrogens is 1. The molecule has 3 aromatic rings.